The maximum atomic E-state index is 13.5. The fourth-order valence-corrected chi connectivity index (χ4v) is 6.68. The first-order chi connectivity index (χ1) is 19.5. The van der Waals surface area contributed by atoms with Crippen LogP contribution in [-0.2, 0) is 17.8 Å². The number of rotatable bonds is 6. The van der Waals surface area contributed by atoms with E-state index in [2.05, 4.69) is 16.0 Å². The van der Waals surface area contributed by atoms with E-state index in [1.54, 1.807) is 19.2 Å². The molecule has 1 aromatic heterocycles. The van der Waals surface area contributed by atoms with Crippen LogP contribution in [0.4, 0.5) is 0 Å². The van der Waals surface area contributed by atoms with E-state index in [4.69, 9.17) is 10.5 Å². The second kappa shape index (κ2) is 10.7. The molecule has 0 radical (unpaired) electrons. The Hall–Kier alpha value is -4.26. The lowest BCUT2D eigenvalue weighted by molar-refractivity contribution is -0.122. The lowest BCUT2D eigenvalue weighted by atomic mass is 9.80. The van der Waals surface area contributed by atoms with Crippen molar-refractivity contribution in [2.75, 3.05) is 13.7 Å². The number of hydrogen-bond donors (Lipinski definition) is 3. The van der Waals surface area contributed by atoms with Crippen LogP contribution in [-0.4, -0.2) is 35.1 Å². The highest BCUT2D eigenvalue weighted by Crippen LogP contribution is 2.49. The molecule has 6 rings (SSSR count). The van der Waals surface area contributed by atoms with Gasteiger partial charge in [0, 0.05) is 29.1 Å². The predicted molar refractivity (Wildman–Crippen MR) is 156 cm³/mol. The highest BCUT2D eigenvalue weighted by Gasteiger charge is 2.33. The maximum absolute atomic E-state index is 13.5. The largest absolute Gasteiger partial charge is 0.508 e. The van der Waals surface area contributed by atoms with Gasteiger partial charge in [-0.3, -0.25) is 9.59 Å². The fourth-order valence-electron chi connectivity index (χ4n) is 6.68. The average molecular weight is 538 g/mol. The number of primary amides is 1. The fraction of sp³-hybridized carbons (Fsp3) is 0.333. The Morgan fingerprint density at radius 3 is 2.58 bits per heavy atom. The van der Waals surface area contributed by atoms with Crippen molar-refractivity contribution in [2.24, 2.45) is 5.73 Å². The zero-order chi connectivity index (χ0) is 27.8. The number of carbonyl (C=O) groups excluding carboxylic acids is 2. The number of phenolic OH excluding ortho intramolecular Hbond substituents is 1. The highest BCUT2D eigenvalue weighted by molar-refractivity contribution is 6.01. The van der Waals surface area contributed by atoms with Gasteiger partial charge in [-0.2, -0.15) is 0 Å². The molecule has 7 heteroatoms. The van der Waals surface area contributed by atoms with Gasteiger partial charge in [0.15, 0.2) is 0 Å². The Balaban J connectivity index is 1.62. The van der Waals surface area contributed by atoms with Gasteiger partial charge in [-0.25, -0.2) is 0 Å². The van der Waals surface area contributed by atoms with E-state index in [0.717, 1.165) is 51.9 Å². The molecule has 206 valence electrons. The number of nitrogens with one attached hydrogen (secondary N) is 1. The van der Waals surface area contributed by atoms with E-state index >= 15 is 0 Å². The van der Waals surface area contributed by atoms with Crippen LogP contribution in [0.2, 0.25) is 0 Å². The third kappa shape index (κ3) is 4.59. The van der Waals surface area contributed by atoms with E-state index in [9.17, 15) is 14.7 Å². The summed E-state index contributed by atoms with van der Waals surface area (Å²) in [6, 6.07) is 18.8. The monoisotopic (exact) mass is 537 g/mol. The summed E-state index contributed by atoms with van der Waals surface area (Å²) in [5.74, 6) is 0.337. The predicted octanol–water partition coefficient (Wildman–Crippen LogP) is 5.63. The third-order valence-corrected chi connectivity index (χ3v) is 8.58. The average Bonchev–Trinajstić information content (AvgIpc) is 3.16. The minimum atomic E-state index is -0.474. The molecule has 2 amide bonds. The normalized spacial score (nSPS) is 15.9. The Kier molecular flexibility index (Phi) is 6.96. The van der Waals surface area contributed by atoms with Crippen molar-refractivity contribution in [1.82, 2.24) is 9.88 Å². The summed E-state index contributed by atoms with van der Waals surface area (Å²) in [6.45, 7) is 1.10. The molecule has 3 aromatic carbocycles. The number of ether oxygens (including phenoxy) is 1. The molecule has 1 fully saturated rings. The van der Waals surface area contributed by atoms with Crippen LogP contribution in [0.5, 0.6) is 11.5 Å². The summed E-state index contributed by atoms with van der Waals surface area (Å²) >= 11 is 0. The molecule has 4 N–H and O–H groups in total. The first-order valence-corrected chi connectivity index (χ1v) is 14.2. The number of aromatic hydroxyl groups is 1. The molecule has 7 nitrogen and oxygen atoms in total. The Labute approximate surface area is 233 Å². The molecule has 0 spiro atoms. The van der Waals surface area contributed by atoms with Crippen LogP contribution < -0.4 is 15.8 Å². The first kappa shape index (κ1) is 26.0. The second-order valence-corrected chi connectivity index (χ2v) is 11.0. The molecular formula is C33H35N3O4. The van der Waals surface area contributed by atoms with Crippen molar-refractivity contribution >= 4 is 22.7 Å². The van der Waals surface area contributed by atoms with Crippen LogP contribution in [0, 0.1) is 0 Å². The van der Waals surface area contributed by atoms with E-state index in [1.807, 2.05) is 42.5 Å². The Bertz CT molecular complexity index is 1580. The summed E-state index contributed by atoms with van der Waals surface area (Å²) in [5.41, 5.74) is 12.3. The number of fused-ring (bicyclic) bond motifs is 5. The number of hydrogen-bond acceptors (Lipinski definition) is 4. The standard InChI is InChI=1S/C33H35N3O4/c1-35-33(39)26(18-20-10-13-23(37)14-11-20)24-8-5-9-28-30(24)31-29(21-6-3-2-4-7-21)25-15-12-22(32(34)38)19-27(25)36(31)16-17-40-28/h5,8-15,19,21,26,37H,2-4,6-7,16-18H2,1H3,(H2,34,38)(H,35,39)/t26-/m0/s1. The van der Waals surface area contributed by atoms with Gasteiger partial charge in [0.1, 0.15) is 18.1 Å². The lowest BCUT2D eigenvalue weighted by Crippen LogP contribution is -2.28. The molecule has 2 aliphatic rings. The number of amides is 2. The Morgan fingerprint density at radius 2 is 1.85 bits per heavy atom. The Morgan fingerprint density at radius 1 is 1.07 bits per heavy atom. The maximum Gasteiger partial charge on any atom is 0.248 e. The number of nitrogens with zero attached hydrogens (tertiary/aromatic N) is 1. The number of carbonyl (C=O) groups is 2. The summed E-state index contributed by atoms with van der Waals surface area (Å²) in [7, 11) is 1.67. The van der Waals surface area contributed by atoms with Crippen molar-refractivity contribution in [1.29, 1.82) is 0 Å². The molecule has 1 atom stereocenters. The van der Waals surface area contributed by atoms with Crippen LogP contribution in [0.25, 0.3) is 22.2 Å². The number of nitrogens with two attached hydrogens (primary N) is 1. The first-order valence-electron chi connectivity index (χ1n) is 14.2. The molecule has 1 saturated carbocycles. The van der Waals surface area contributed by atoms with Crippen molar-refractivity contribution in [2.45, 2.75) is 56.9 Å². The van der Waals surface area contributed by atoms with Gasteiger partial charge >= 0.3 is 0 Å². The number of phenols is 1. The van der Waals surface area contributed by atoms with Gasteiger partial charge in [0.25, 0.3) is 0 Å². The molecule has 1 aliphatic carbocycles. The van der Waals surface area contributed by atoms with Crippen LogP contribution in [0.15, 0.2) is 60.7 Å². The molecule has 0 saturated heterocycles. The minimum absolute atomic E-state index is 0.0800. The topological polar surface area (TPSA) is 107 Å². The smallest absolute Gasteiger partial charge is 0.248 e. The molecule has 0 bridgehead atoms. The summed E-state index contributed by atoms with van der Waals surface area (Å²) in [6.07, 6.45) is 6.29. The number of aromatic nitrogens is 1. The van der Waals surface area contributed by atoms with E-state index in [-0.39, 0.29) is 11.7 Å². The second-order valence-electron chi connectivity index (χ2n) is 11.0. The number of benzene rings is 3. The summed E-state index contributed by atoms with van der Waals surface area (Å²) < 4.78 is 8.63. The highest BCUT2D eigenvalue weighted by atomic mass is 16.5. The van der Waals surface area contributed by atoms with Crippen molar-refractivity contribution in [3.63, 3.8) is 0 Å². The molecule has 40 heavy (non-hydrogen) atoms. The minimum Gasteiger partial charge on any atom is -0.508 e. The van der Waals surface area contributed by atoms with Crippen molar-refractivity contribution < 1.29 is 19.4 Å². The van der Waals surface area contributed by atoms with Crippen molar-refractivity contribution in [3.05, 3.63) is 82.9 Å². The van der Waals surface area contributed by atoms with Crippen LogP contribution in [0.3, 0.4) is 0 Å². The van der Waals surface area contributed by atoms with Gasteiger partial charge < -0.3 is 25.5 Å². The molecule has 4 aromatic rings. The molecule has 0 unspecified atom stereocenters. The van der Waals surface area contributed by atoms with Gasteiger partial charge in [-0.1, -0.05) is 49.6 Å². The summed E-state index contributed by atoms with van der Waals surface area (Å²) in [5, 5.41) is 13.8. The zero-order valence-electron chi connectivity index (χ0n) is 22.8. The van der Waals surface area contributed by atoms with Crippen LogP contribution in [0.1, 0.15) is 71.0 Å². The third-order valence-electron chi connectivity index (χ3n) is 8.58. The molecular weight excluding hydrogens is 502 g/mol. The SMILES string of the molecule is CNC(=O)[C@@H](Cc1ccc(O)cc1)c1cccc2c1-c1c(C3CCCCC3)c3ccc(C(N)=O)cc3n1CCO2. The molecule has 2 heterocycles. The van der Waals surface area contributed by atoms with Crippen molar-refractivity contribution in [3.8, 4) is 22.8 Å². The van der Waals surface area contributed by atoms with Crippen LogP contribution >= 0.6 is 0 Å². The summed E-state index contributed by atoms with van der Waals surface area (Å²) in [4.78, 5) is 25.6. The van der Waals surface area contributed by atoms with E-state index in [1.165, 1.54) is 24.8 Å². The lowest BCUT2D eigenvalue weighted by Gasteiger charge is -2.26. The number of likely N-dealkylation sites (N-methyl/N-ethyl adjacent to an activating group) is 1. The van der Waals surface area contributed by atoms with Gasteiger partial charge in [-0.05, 0) is 72.2 Å². The van der Waals surface area contributed by atoms with E-state index in [0.29, 0.717) is 31.1 Å². The molecule has 1 aliphatic heterocycles. The van der Waals surface area contributed by atoms with Gasteiger partial charge in [-0.15, -0.1) is 0 Å². The quantitative estimate of drug-likeness (QED) is 0.297. The van der Waals surface area contributed by atoms with E-state index < -0.39 is 11.8 Å². The van der Waals surface area contributed by atoms with Gasteiger partial charge in [0.05, 0.1) is 18.2 Å². The van der Waals surface area contributed by atoms with Gasteiger partial charge in [0.2, 0.25) is 11.8 Å². The zero-order valence-corrected chi connectivity index (χ0v) is 22.8.